The van der Waals surface area contributed by atoms with E-state index in [1.54, 1.807) is 36.3 Å². The third kappa shape index (κ3) is 3.60. The van der Waals surface area contributed by atoms with E-state index in [1.165, 1.54) is 16.7 Å². The summed E-state index contributed by atoms with van der Waals surface area (Å²) in [7, 11) is 1.67. The summed E-state index contributed by atoms with van der Waals surface area (Å²) >= 11 is 0. The zero-order valence-electron chi connectivity index (χ0n) is 16.5. The standard InChI is InChI=1S/C22H23FN4O2/c1-14-6-7-18(21(28)26(14)2)22(29)27-10-8-15(9-11-27)20-19(13-24-25-20)16-4-3-5-17(23)12-16/h3-7,12-13,15H,8-11H2,1-2H3,(H,24,25). The van der Waals surface area contributed by atoms with Crippen molar-refractivity contribution in [2.24, 2.45) is 7.05 Å². The molecule has 0 radical (unpaired) electrons. The third-order valence-electron chi connectivity index (χ3n) is 5.78. The van der Waals surface area contributed by atoms with Crippen molar-refractivity contribution in [1.29, 1.82) is 0 Å². The number of carbonyl (C=O) groups excluding carboxylic acids is 1. The average molecular weight is 394 g/mol. The number of hydrogen-bond donors (Lipinski definition) is 1. The minimum absolute atomic E-state index is 0.195. The average Bonchev–Trinajstić information content (AvgIpc) is 3.22. The Labute approximate surface area is 168 Å². The van der Waals surface area contributed by atoms with E-state index >= 15 is 0 Å². The molecule has 0 aliphatic carbocycles. The van der Waals surface area contributed by atoms with Crippen molar-refractivity contribution in [3.63, 3.8) is 0 Å². The Balaban J connectivity index is 1.50. The van der Waals surface area contributed by atoms with Gasteiger partial charge in [-0.2, -0.15) is 5.10 Å². The number of aromatic nitrogens is 3. The van der Waals surface area contributed by atoms with Crippen LogP contribution in [0.1, 0.15) is 40.5 Å². The van der Waals surface area contributed by atoms with Crippen LogP contribution in [0.3, 0.4) is 0 Å². The lowest BCUT2D eigenvalue weighted by atomic mass is 9.89. The van der Waals surface area contributed by atoms with E-state index in [2.05, 4.69) is 10.2 Å². The summed E-state index contributed by atoms with van der Waals surface area (Å²) in [5.74, 6) is -0.311. The van der Waals surface area contributed by atoms with Crippen molar-refractivity contribution in [2.45, 2.75) is 25.7 Å². The molecule has 150 valence electrons. The summed E-state index contributed by atoms with van der Waals surface area (Å²) in [6, 6.07) is 9.87. The lowest BCUT2D eigenvalue weighted by Gasteiger charge is -2.32. The fourth-order valence-corrected chi connectivity index (χ4v) is 3.93. The molecule has 2 aromatic heterocycles. The molecule has 29 heavy (non-hydrogen) atoms. The SMILES string of the molecule is Cc1ccc(C(=O)N2CCC(c3[nH]ncc3-c3cccc(F)c3)CC2)c(=O)n1C. The van der Waals surface area contributed by atoms with Crippen LogP contribution < -0.4 is 5.56 Å². The zero-order chi connectivity index (χ0) is 20.5. The van der Waals surface area contributed by atoms with Gasteiger partial charge in [0.2, 0.25) is 0 Å². The number of benzene rings is 1. The van der Waals surface area contributed by atoms with E-state index in [4.69, 9.17) is 0 Å². The molecule has 0 saturated carbocycles. The summed E-state index contributed by atoms with van der Waals surface area (Å²) in [5, 5.41) is 7.23. The van der Waals surface area contributed by atoms with Crippen molar-refractivity contribution < 1.29 is 9.18 Å². The molecule has 1 saturated heterocycles. The number of aryl methyl sites for hydroxylation is 1. The second kappa shape index (κ2) is 7.66. The molecule has 1 aromatic carbocycles. The Morgan fingerprint density at radius 1 is 1.21 bits per heavy atom. The van der Waals surface area contributed by atoms with Gasteiger partial charge in [0, 0.05) is 43.0 Å². The van der Waals surface area contributed by atoms with Crippen LogP contribution in [-0.2, 0) is 7.05 Å². The Bertz CT molecular complexity index is 1110. The number of nitrogens with zero attached hydrogens (tertiary/aromatic N) is 3. The first-order valence-corrected chi connectivity index (χ1v) is 9.71. The molecule has 0 spiro atoms. The predicted molar refractivity (Wildman–Crippen MR) is 108 cm³/mol. The van der Waals surface area contributed by atoms with Crippen LogP contribution in [0.4, 0.5) is 4.39 Å². The number of amides is 1. The van der Waals surface area contributed by atoms with Gasteiger partial charge in [0.15, 0.2) is 0 Å². The number of aromatic amines is 1. The van der Waals surface area contributed by atoms with Crippen molar-refractivity contribution in [2.75, 3.05) is 13.1 Å². The quantitative estimate of drug-likeness (QED) is 0.741. The minimum Gasteiger partial charge on any atom is -0.338 e. The van der Waals surface area contributed by atoms with Crippen molar-refractivity contribution in [1.82, 2.24) is 19.7 Å². The number of carbonyl (C=O) groups is 1. The van der Waals surface area contributed by atoms with E-state index < -0.39 is 0 Å². The second-order valence-electron chi connectivity index (χ2n) is 7.53. The number of piperidine rings is 1. The van der Waals surface area contributed by atoms with Crippen LogP contribution >= 0.6 is 0 Å². The summed E-state index contributed by atoms with van der Waals surface area (Å²) in [5.41, 5.74) is 3.40. The predicted octanol–water partition coefficient (Wildman–Crippen LogP) is 3.24. The topological polar surface area (TPSA) is 71.0 Å². The maximum absolute atomic E-state index is 13.6. The smallest absolute Gasteiger partial charge is 0.263 e. The lowest BCUT2D eigenvalue weighted by Crippen LogP contribution is -2.41. The normalized spacial score (nSPS) is 14.9. The van der Waals surface area contributed by atoms with Crippen molar-refractivity contribution in [3.8, 4) is 11.1 Å². The fourth-order valence-electron chi connectivity index (χ4n) is 3.93. The highest BCUT2D eigenvalue weighted by Gasteiger charge is 2.28. The molecule has 7 heteroatoms. The lowest BCUT2D eigenvalue weighted by molar-refractivity contribution is 0.0709. The first kappa shape index (κ1) is 19.1. The van der Waals surface area contributed by atoms with Gasteiger partial charge in [0.1, 0.15) is 11.4 Å². The molecule has 3 heterocycles. The van der Waals surface area contributed by atoms with E-state index in [9.17, 15) is 14.0 Å². The number of pyridine rings is 1. The molecular weight excluding hydrogens is 371 g/mol. The highest BCUT2D eigenvalue weighted by atomic mass is 19.1. The first-order valence-electron chi connectivity index (χ1n) is 9.71. The van der Waals surface area contributed by atoms with E-state index in [0.29, 0.717) is 13.1 Å². The molecule has 0 unspecified atom stereocenters. The molecule has 0 bridgehead atoms. The van der Waals surface area contributed by atoms with Crippen LogP contribution in [0, 0.1) is 12.7 Å². The van der Waals surface area contributed by atoms with Gasteiger partial charge in [0.25, 0.3) is 11.5 Å². The van der Waals surface area contributed by atoms with Gasteiger partial charge in [-0.05, 0) is 49.6 Å². The van der Waals surface area contributed by atoms with Crippen molar-refractivity contribution >= 4 is 5.91 Å². The van der Waals surface area contributed by atoms with Gasteiger partial charge in [0.05, 0.1) is 6.20 Å². The van der Waals surface area contributed by atoms with Gasteiger partial charge in [-0.15, -0.1) is 0 Å². The highest BCUT2D eigenvalue weighted by molar-refractivity contribution is 5.94. The molecule has 6 nitrogen and oxygen atoms in total. The number of H-pyrrole nitrogens is 1. The molecule has 1 amide bonds. The number of likely N-dealkylation sites (tertiary alicyclic amines) is 1. The third-order valence-corrected chi connectivity index (χ3v) is 5.78. The maximum atomic E-state index is 13.6. The molecule has 0 atom stereocenters. The molecular formula is C22H23FN4O2. The Hall–Kier alpha value is -3.22. The molecule has 1 N–H and O–H groups in total. The Kier molecular flexibility index (Phi) is 5.05. The van der Waals surface area contributed by atoms with E-state index in [-0.39, 0.29) is 28.8 Å². The van der Waals surface area contributed by atoms with Gasteiger partial charge in [-0.25, -0.2) is 4.39 Å². The molecule has 1 aliphatic heterocycles. The van der Waals surface area contributed by atoms with Gasteiger partial charge in [-0.1, -0.05) is 12.1 Å². The monoisotopic (exact) mass is 394 g/mol. The zero-order valence-corrected chi connectivity index (χ0v) is 16.5. The number of halogens is 1. The van der Waals surface area contributed by atoms with E-state index in [1.807, 2.05) is 13.0 Å². The molecule has 3 aromatic rings. The second-order valence-corrected chi connectivity index (χ2v) is 7.53. The Morgan fingerprint density at radius 3 is 2.69 bits per heavy atom. The first-order chi connectivity index (χ1) is 14.0. The van der Waals surface area contributed by atoms with Crippen LogP contribution in [0.15, 0.2) is 47.4 Å². The van der Waals surface area contributed by atoms with Crippen LogP contribution in [0.5, 0.6) is 0 Å². The summed E-state index contributed by atoms with van der Waals surface area (Å²) < 4.78 is 15.1. The molecule has 4 rings (SSSR count). The van der Waals surface area contributed by atoms with Crippen molar-refractivity contribution in [3.05, 3.63) is 75.7 Å². The summed E-state index contributed by atoms with van der Waals surface area (Å²) in [4.78, 5) is 27.0. The fraction of sp³-hybridized carbons (Fsp3) is 0.318. The summed E-state index contributed by atoms with van der Waals surface area (Å²) in [6.45, 7) is 2.95. The number of rotatable bonds is 3. The van der Waals surface area contributed by atoms with Crippen LogP contribution in [0.2, 0.25) is 0 Å². The Morgan fingerprint density at radius 2 is 1.97 bits per heavy atom. The van der Waals surface area contributed by atoms with E-state index in [0.717, 1.165) is 35.4 Å². The van der Waals surface area contributed by atoms with Crippen LogP contribution in [-0.4, -0.2) is 38.7 Å². The number of hydrogen-bond acceptors (Lipinski definition) is 3. The summed E-state index contributed by atoms with van der Waals surface area (Å²) in [6.07, 6.45) is 3.22. The van der Waals surface area contributed by atoms with Gasteiger partial charge in [-0.3, -0.25) is 14.7 Å². The highest BCUT2D eigenvalue weighted by Crippen LogP contribution is 2.34. The van der Waals surface area contributed by atoms with Crippen LogP contribution in [0.25, 0.3) is 11.1 Å². The maximum Gasteiger partial charge on any atom is 0.263 e. The minimum atomic E-state index is -0.283. The van der Waals surface area contributed by atoms with Gasteiger partial charge >= 0.3 is 0 Å². The number of nitrogens with one attached hydrogen (secondary N) is 1. The van der Waals surface area contributed by atoms with Gasteiger partial charge < -0.3 is 9.47 Å². The molecule has 1 aliphatic rings. The molecule has 1 fully saturated rings. The largest absolute Gasteiger partial charge is 0.338 e.